The van der Waals surface area contributed by atoms with Crippen LogP contribution in [0.1, 0.15) is 5.56 Å². The Morgan fingerprint density at radius 1 is 1.19 bits per heavy atom. The Balaban J connectivity index is 1.92. The van der Waals surface area contributed by atoms with Crippen molar-refractivity contribution >= 4 is 28.1 Å². The summed E-state index contributed by atoms with van der Waals surface area (Å²) in [5.41, 5.74) is 8.34. The number of nitro groups is 1. The highest BCUT2D eigenvalue weighted by atomic mass is 16.6. The van der Waals surface area contributed by atoms with Gasteiger partial charge in [-0.05, 0) is 28.0 Å². The van der Waals surface area contributed by atoms with Crippen molar-refractivity contribution in [2.24, 2.45) is 0 Å². The number of hydrogen-bond donors (Lipinski definition) is 2. The summed E-state index contributed by atoms with van der Waals surface area (Å²) in [6, 6.07) is 10.4. The molecule has 21 heavy (non-hydrogen) atoms. The fourth-order valence-corrected chi connectivity index (χ4v) is 2.03. The lowest BCUT2D eigenvalue weighted by atomic mass is 10.1. The van der Waals surface area contributed by atoms with Gasteiger partial charge in [-0.1, -0.05) is 18.2 Å². The molecule has 0 aliphatic carbocycles. The Labute approximate surface area is 118 Å². The Kier molecular flexibility index (Phi) is 3.11. The minimum atomic E-state index is -0.522. The molecule has 3 aromatic rings. The first-order chi connectivity index (χ1) is 10.2. The first-order valence-corrected chi connectivity index (χ1v) is 6.13. The smallest absolute Gasteiger partial charge is 0.300 e. The van der Waals surface area contributed by atoms with Crippen molar-refractivity contribution in [3.63, 3.8) is 0 Å². The molecule has 3 rings (SSSR count). The first-order valence-electron chi connectivity index (χ1n) is 6.13. The molecule has 1 heterocycles. The first kappa shape index (κ1) is 12.9. The van der Waals surface area contributed by atoms with Crippen molar-refractivity contribution < 1.29 is 9.55 Å². The van der Waals surface area contributed by atoms with Gasteiger partial charge in [0, 0.05) is 18.3 Å². The summed E-state index contributed by atoms with van der Waals surface area (Å²) in [5.74, 6) is 0. The van der Waals surface area contributed by atoms with Crippen LogP contribution < -0.4 is 11.1 Å². The van der Waals surface area contributed by atoms with E-state index in [0.29, 0.717) is 23.4 Å². The molecule has 106 valence electrons. The second-order valence-electron chi connectivity index (χ2n) is 4.40. The molecule has 1 aromatic heterocycles. The van der Waals surface area contributed by atoms with Gasteiger partial charge in [0.15, 0.2) is 5.52 Å². The van der Waals surface area contributed by atoms with Crippen LogP contribution >= 0.6 is 0 Å². The number of nitrogens with zero attached hydrogens (tertiary/aromatic N) is 3. The lowest BCUT2D eigenvalue weighted by molar-refractivity contribution is -0.383. The molecule has 0 saturated carbocycles. The van der Waals surface area contributed by atoms with Crippen LogP contribution in [0.2, 0.25) is 0 Å². The SMILES string of the molecule is Nc1ccccc1CNc1ccc([N+](=O)[O-])c2nonc12. The number of nitro benzene ring substituents is 1. The molecule has 0 aliphatic rings. The van der Waals surface area contributed by atoms with Crippen molar-refractivity contribution in [1.29, 1.82) is 0 Å². The number of hydrogen-bond acceptors (Lipinski definition) is 7. The minimum Gasteiger partial charge on any atom is -0.398 e. The molecule has 0 unspecified atom stereocenters. The monoisotopic (exact) mass is 285 g/mol. The van der Waals surface area contributed by atoms with E-state index in [9.17, 15) is 10.1 Å². The number of anilines is 2. The van der Waals surface area contributed by atoms with Gasteiger partial charge in [0.2, 0.25) is 5.52 Å². The summed E-state index contributed by atoms with van der Waals surface area (Å²) in [6.07, 6.45) is 0. The second kappa shape index (κ2) is 5.08. The Morgan fingerprint density at radius 3 is 2.71 bits per heavy atom. The van der Waals surface area contributed by atoms with Gasteiger partial charge in [0.1, 0.15) is 0 Å². The van der Waals surface area contributed by atoms with Crippen molar-refractivity contribution in [3.8, 4) is 0 Å². The van der Waals surface area contributed by atoms with Crippen molar-refractivity contribution in [2.75, 3.05) is 11.1 Å². The maximum absolute atomic E-state index is 10.9. The highest BCUT2D eigenvalue weighted by Crippen LogP contribution is 2.29. The molecule has 0 fully saturated rings. The predicted molar refractivity (Wildman–Crippen MR) is 76.6 cm³/mol. The van der Waals surface area contributed by atoms with E-state index in [0.717, 1.165) is 5.56 Å². The van der Waals surface area contributed by atoms with Gasteiger partial charge < -0.3 is 11.1 Å². The molecule has 0 spiro atoms. The molecule has 3 N–H and O–H groups in total. The standard InChI is InChI=1S/C13H11N5O3/c14-9-4-2-1-3-8(9)7-15-10-5-6-11(18(19)20)13-12(10)16-21-17-13/h1-6,15H,7,14H2. The summed E-state index contributed by atoms with van der Waals surface area (Å²) in [6.45, 7) is 0.465. The zero-order chi connectivity index (χ0) is 14.8. The number of benzene rings is 2. The third-order valence-electron chi connectivity index (χ3n) is 3.12. The number of non-ortho nitro benzene ring substituents is 1. The Bertz CT molecular complexity index is 814. The zero-order valence-corrected chi connectivity index (χ0v) is 10.8. The van der Waals surface area contributed by atoms with Crippen LogP contribution in [-0.2, 0) is 6.54 Å². The number of nitrogens with two attached hydrogens (primary N) is 1. The van der Waals surface area contributed by atoms with E-state index >= 15 is 0 Å². The van der Waals surface area contributed by atoms with Crippen molar-refractivity contribution in [2.45, 2.75) is 6.54 Å². The van der Waals surface area contributed by atoms with Crippen LogP contribution in [0.25, 0.3) is 11.0 Å². The van der Waals surface area contributed by atoms with Gasteiger partial charge in [0.25, 0.3) is 0 Å². The fraction of sp³-hybridized carbons (Fsp3) is 0.0769. The quantitative estimate of drug-likeness (QED) is 0.428. The van der Waals surface area contributed by atoms with E-state index in [1.807, 2.05) is 18.2 Å². The number of para-hydroxylation sites is 1. The molecule has 0 bridgehead atoms. The second-order valence-corrected chi connectivity index (χ2v) is 4.40. The van der Waals surface area contributed by atoms with E-state index in [-0.39, 0.29) is 11.2 Å². The van der Waals surface area contributed by atoms with Gasteiger partial charge in [-0.15, -0.1) is 0 Å². The summed E-state index contributed by atoms with van der Waals surface area (Å²) >= 11 is 0. The molecule has 0 atom stereocenters. The van der Waals surface area contributed by atoms with Crippen LogP contribution in [0.15, 0.2) is 41.0 Å². The van der Waals surface area contributed by atoms with Crippen LogP contribution in [0, 0.1) is 10.1 Å². The molecule has 2 aromatic carbocycles. The third-order valence-corrected chi connectivity index (χ3v) is 3.12. The number of nitrogen functional groups attached to an aromatic ring is 1. The fourth-order valence-electron chi connectivity index (χ4n) is 2.03. The van der Waals surface area contributed by atoms with Crippen LogP contribution in [0.5, 0.6) is 0 Å². The Hall–Kier alpha value is -3.16. The molecule has 0 radical (unpaired) electrons. The number of aromatic nitrogens is 2. The highest BCUT2D eigenvalue weighted by molar-refractivity contribution is 5.93. The summed E-state index contributed by atoms with van der Waals surface area (Å²) < 4.78 is 4.60. The average Bonchev–Trinajstić information content (AvgIpc) is 2.95. The molecule has 8 nitrogen and oxygen atoms in total. The topological polar surface area (TPSA) is 120 Å². The van der Waals surface area contributed by atoms with E-state index in [1.165, 1.54) is 6.07 Å². The number of nitrogens with one attached hydrogen (secondary N) is 1. The van der Waals surface area contributed by atoms with E-state index in [4.69, 9.17) is 5.73 Å². The lowest BCUT2D eigenvalue weighted by Crippen LogP contribution is -2.03. The van der Waals surface area contributed by atoms with E-state index < -0.39 is 4.92 Å². The number of rotatable bonds is 4. The van der Waals surface area contributed by atoms with Crippen LogP contribution in [0.4, 0.5) is 17.1 Å². The molecular weight excluding hydrogens is 274 g/mol. The molecular formula is C13H11N5O3. The van der Waals surface area contributed by atoms with Gasteiger partial charge in [-0.3, -0.25) is 10.1 Å². The molecule has 0 saturated heterocycles. The zero-order valence-electron chi connectivity index (χ0n) is 10.8. The average molecular weight is 285 g/mol. The van der Waals surface area contributed by atoms with E-state index in [1.54, 1.807) is 12.1 Å². The molecule has 0 aliphatic heterocycles. The molecule has 0 amide bonds. The highest BCUT2D eigenvalue weighted by Gasteiger charge is 2.19. The van der Waals surface area contributed by atoms with Gasteiger partial charge in [0.05, 0.1) is 10.6 Å². The Morgan fingerprint density at radius 2 is 1.95 bits per heavy atom. The van der Waals surface area contributed by atoms with Gasteiger partial charge in [-0.2, -0.15) is 0 Å². The largest absolute Gasteiger partial charge is 0.398 e. The van der Waals surface area contributed by atoms with Gasteiger partial charge >= 0.3 is 5.69 Å². The minimum absolute atomic E-state index is 0.117. The number of fused-ring (bicyclic) bond motifs is 1. The van der Waals surface area contributed by atoms with Crippen molar-refractivity contribution in [3.05, 3.63) is 52.1 Å². The maximum atomic E-state index is 10.9. The van der Waals surface area contributed by atoms with Crippen LogP contribution in [-0.4, -0.2) is 15.2 Å². The third kappa shape index (κ3) is 2.34. The lowest BCUT2D eigenvalue weighted by Gasteiger charge is -2.08. The predicted octanol–water partition coefficient (Wildman–Crippen LogP) is 2.33. The van der Waals surface area contributed by atoms with Crippen LogP contribution in [0.3, 0.4) is 0 Å². The van der Waals surface area contributed by atoms with Crippen molar-refractivity contribution in [1.82, 2.24) is 10.3 Å². The summed E-state index contributed by atoms with van der Waals surface area (Å²) in [7, 11) is 0. The normalized spacial score (nSPS) is 10.7. The molecule has 8 heteroatoms. The maximum Gasteiger partial charge on any atom is 0.300 e. The van der Waals surface area contributed by atoms with E-state index in [2.05, 4.69) is 20.3 Å². The van der Waals surface area contributed by atoms with Gasteiger partial charge in [-0.25, -0.2) is 4.63 Å². The summed E-state index contributed by atoms with van der Waals surface area (Å²) in [5, 5.41) is 21.3. The summed E-state index contributed by atoms with van der Waals surface area (Å²) in [4.78, 5) is 10.4.